The maximum absolute atomic E-state index is 8.82. The number of benzene rings is 2. The second-order valence-electron chi connectivity index (χ2n) is 4.37. The third kappa shape index (κ3) is 3.33. The van der Waals surface area contributed by atoms with Crippen molar-refractivity contribution in [2.24, 2.45) is 0 Å². The van der Waals surface area contributed by atoms with Gasteiger partial charge in [0.25, 0.3) is 0 Å². The lowest BCUT2D eigenvalue weighted by atomic mass is 10.1. The standard InChI is InChI=1S/C16H11N3S.C2H6/c17-10-12-6-8-13(9-7-12)15-11-19(16(20)18-15)14-4-2-1-3-5-14;1-2/h1-9,11H,(H,18,20);1-2H3. The number of nitriles is 1. The van der Waals surface area contributed by atoms with Crippen molar-refractivity contribution in [3.8, 4) is 23.0 Å². The third-order valence-electron chi connectivity index (χ3n) is 3.08. The van der Waals surface area contributed by atoms with E-state index in [0.29, 0.717) is 10.3 Å². The van der Waals surface area contributed by atoms with Gasteiger partial charge < -0.3 is 4.98 Å². The average molecular weight is 307 g/mol. The van der Waals surface area contributed by atoms with E-state index in [2.05, 4.69) is 11.1 Å². The summed E-state index contributed by atoms with van der Waals surface area (Å²) < 4.78 is 2.58. The second kappa shape index (κ2) is 7.39. The van der Waals surface area contributed by atoms with Crippen LogP contribution in [-0.4, -0.2) is 9.55 Å². The Kier molecular flexibility index (Phi) is 5.29. The fraction of sp³-hybridized carbons (Fsp3) is 0.111. The summed E-state index contributed by atoms with van der Waals surface area (Å²) in [6, 6.07) is 19.5. The lowest BCUT2D eigenvalue weighted by Crippen LogP contribution is -1.90. The molecule has 1 heterocycles. The molecule has 0 bridgehead atoms. The molecule has 0 saturated heterocycles. The predicted molar refractivity (Wildman–Crippen MR) is 92.5 cm³/mol. The Hall–Kier alpha value is -2.64. The molecule has 0 unspecified atom stereocenters. The van der Waals surface area contributed by atoms with Crippen LogP contribution in [0.25, 0.3) is 16.9 Å². The molecule has 3 nitrogen and oxygen atoms in total. The number of nitrogens with zero attached hydrogens (tertiary/aromatic N) is 2. The first-order valence-corrected chi connectivity index (χ1v) is 7.56. The highest BCUT2D eigenvalue weighted by Gasteiger charge is 2.04. The first kappa shape index (κ1) is 15.7. The molecule has 110 valence electrons. The number of rotatable bonds is 2. The fourth-order valence-electron chi connectivity index (χ4n) is 2.05. The summed E-state index contributed by atoms with van der Waals surface area (Å²) in [5, 5.41) is 8.82. The molecule has 0 radical (unpaired) electrons. The quantitative estimate of drug-likeness (QED) is 0.669. The molecule has 0 spiro atoms. The lowest BCUT2D eigenvalue weighted by molar-refractivity contribution is 1.03. The highest BCUT2D eigenvalue weighted by Crippen LogP contribution is 2.20. The molecular formula is C18H17N3S. The van der Waals surface area contributed by atoms with E-state index in [4.69, 9.17) is 17.5 Å². The van der Waals surface area contributed by atoms with E-state index in [9.17, 15) is 0 Å². The number of hydrogen-bond acceptors (Lipinski definition) is 2. The Morgan fingerprint density at radius 3 is 2.23 bits per heavy atom. The molecule has 0 amide bonds. The molecule has 0 aliphatic heterocycles. The zero-order valence-electron chi connectivity index (χ0n) is 12.6. The number of H-pyrrole nitrogens is 1. The molecule has 0 fully saturated rings. The van der Waals surface area contributed by atoms with E-state index in [-0.39, 0.29) is 0 Å². The van der Waals surface area contributed by atoms with E-state index < -0.39 is 0 Å². The van der Waals surface area contributed by atoms with Crippen LogP contribution in [0.1, 0.15) is 19.4 Å². The van der Waals surface area contributed by atoms with Crippen LogP contribution >= 0.6 is 12.2 Å². The van der Waals surface area contributed by atoms with E-state index >= 15 is 0 Å². The van der Waals surface area contributed by atoms with Gasteiger partial charge in [-0.05, 0) is 42.0 Å². The van der Waals surface area contributed by atoms with Crippen LogP contribution in [0.4, 0.5) is 0 Å². The van der Waals surface area contributed by atoms with E-state index in [1.165, 1.54) is 0 Å². The van der Waals surface area contributed by atoms with Crippen LogP contribution in [0.5, 0.6) is 0 Å². The maximum atomic E-state index is 8.82. The van der Waals surface area contributed by atoms with Gasteiger partial charge in [0.05, 0.1) is 17.3 Å². The van der Waals surface area contributed by atoms with Gasteiger partial charge in [0, 0.05) is 11.9 Å². The molecule has 3 aromatic rings. The molecule has 0 aliphatic rings. The monoisotopic (exact) mass is 307 g/mol. The lowest BCUT2D eigenvalue weighted by Gasteiger charge is -2.00. The summed E-state index contributed by atoms with van der Waals surface area (Å²) in [6.45, 7) is 4.00. The normalized spacial score (nSPS) is 9.50. The second-order valence-corrected chi connectivity index (χ2v) is 4.75. The van der Waals surface area contributed by atoms with Crippen molar-refractivity contribution < 1.29 is 0 Å². The van der Waals surface area contributed by atoms with Crippen LogP contribution in [0.2, 0.25) is 0 Å². The van der Waals surface area contributed by atoms with Gasteiger partial charge in [-0.2, -0.15) is 5.26 Å². The average Bonchev–Trinajstić information content (AvgIpc) is 2.99. The molecule has 2 aromatic carbocycles. The Bertz CT molecular complexity index is 821. The van der Waals surface area contributed by atoms with Gasteiger partial charge >= 0.3 is 0 Å². The highest BCUT2D eigenvalue weighted by atomic mass is 32.1. The van der Waals surface area contributed by atoms with Crippen LogP contribution in [0, 0.1) is 16.1 Å². The van der Waals surface area contributed by atoms with Crippen molar-refractivity contribution in [1.82, 2.24) is 9.55 Å². The first-order valence-electron chi connectivity index (χ1n) is 7.15. The third-order valence-corrected chi connectivity index (χ3v) is 3.38. The molecule has 0 saturated carbocycles. The van der Waals surface area contributed by atoms with Crippen molar-refractivity contribution in [2.45, 2.75) is 13.8 Å². The zero-order chi connectivity index (χ0) is 15.9. The molecule has 3 rings (SSSR count). The van der Waals surface area contributed by atoms with Crippen LogP contribution in [0.15, 0.2) is 60.8 Å². The largest absolute Gasteiger partial charge is 0.330 e. The van der Waals surface area contributed by atoms with E-state index in [1.807, 2.05) is 67.1 Å². The number of para-hydroxylation sites is 1. The molecule has 1 aromatic heterocycles. The van der Waals surface area contributed by atoms with Crippen molar-refractivity contribution in [3.05, 3.63) is 71.1 Å². The highest BCUT2D eigenvalue weighted by molar-refractivity contribution is 7.71. The number of aromatic nitrogens is 2. The summed E-state index contributed by atoms with van der Waals surface area (Å²) in [7, 11) is 0. The Morgan fingerprint density at radius 2 is 1.64 bits per heavy atom. The van der Waals surface area contributed by atoms with Crippen LogP contribution in [0.3, 0.4) is 0 Å². The number of aromatic amines is 1. The summed E-state index contributed by atoms with van der Waals surface area (Å²) in [5.74, 6) is 0. The molecule has 0 atom stereocenters. The molecule has 4 heteroatoms. The van der Waals surface area contributed by atoms with Gasteiger partial charge in [0.2, 0.25) is 0 Å². The number of hydrogen-bond donors (Lipinski definition) is 1. The Balaban J connectivity index is 0.000000847. The minimum Gasteiger partial charge on any atom is -0.330 e. The van der Waals surface area contributed by atoms with Crippen molar-refractivity contribution in [2.75, 3.05) is 0 Å². The Morgan fingerprint density at radius 1 is 1.00 bits per heavy atom. The first-order chi connectivity index (χ1) is 10.8. The zero-order valence-corrected chi connectivity index (χ0v) is 13.4. The van der Waals surface area contributed by atoms with Crippen LogP contribution < -0.4 is 0 Å². The fourth-order valence-corrected chi connectivity index (χ4v) is 2.31. The minimum atomic E-state index is 0.648. The van der Waals surface area contributed by atoms with Gasteiger partial charge in [-0.15, -0.1) is 0 Å². The summed E-state index contributed by atoms with van der Waals surface area (Å²) in [4.78, 5) is 3.19. The number of nitrogens with one attached hydrogen (secondary N) is 1. The predicted octanol–water partition coefficient (Wildman–Crippen LogP) is 5.10. The van der Waals surface area contributed by atoms with Crippen molar-refractivity contribution >= 4 is 12.2 Å². The SMILES string of the molecule is CC.N#Cc1ccc(-c2cn(-c3ccccc3)c(=S)[nH]2)cc1. The molecule has 0 aliphatic carbocycles. The summed E-state index contributed by atoms with van der Waals surface area (Å²) in [5.41, 5.74) is 3.61. The van der Waals surface area contributed by atoms with E-state index in [1.54, 1.807) is 12.1 Å². The minimum absolute atomic E-state index is 0.648. The molecule has 22 heavy (non-hydrogen) atoms. The van der Waals surface area contributed by atoms with Gasteiger partial charge in [-0.25, -0.2) is 0 Å². The number of imidazole rings is 1. The van der Waals surface area contributed by atoms with Gasteiger partial charge in [-0.1, -0.05) is 44.2 Å². The van der Waals surface area contributed by atoms with Gasteiger partial charge in [0.1, 0.15) is 0 Å². The van der Waals surface area contributed by atoms with E-state index in [0.717, 1.165) is 16.9 Å². The van der Waals surface area contributed by atoms with Crippen molar-refractivity contribution in [3.63, 3.8) is 0 Å². The van der Waals surface area contributed by atoms with Crippen molar-refractivity contribution in [1.29, 1.82) is 5.26 Å². The smallest absolute Gasteiger partial charge is 0.182 e. The van der Waals surface area contributed by atoms with Gasteiger partial charge in [-0.3, -0.25) is 4.57 Å². The topological polar surface area (TPSA) is 44.5 Å². The maximum Gasteiger partial charge on any atom is 0.182 e. The Labute approximate surface area is 135 Å². The van der Waals surface area contributed by atoms with Crippen LogP contribution in [-0.2, 0) is 0 Å². The summed E-state index contributed by atoms with van der Waals surface area (Å²) in [6.07, 6.45) is 1.97. The summed E-state index contributed by atoms with van der Waals surface area (Å²) >= 11 is 5.36. The van der Waals surface area contributed by atoms with Gasteiger partial charge in [0.15, 0.2) is 4.77 Å². The molecular weight excluding hydrogens is 290 g/mol. The molecule has 1 N–H and O–H groups in total.